The Balaban J connectivity index is 2.14. The van der Waals surface area contributed by atoms with E-state index < -0.39 is 24.5 Å². The third-order valence-corrected chi connectivity index (χ3v) is 3.11. The van der Waals surface area contributed by atoms with Crippen LogP contribution in [0.1, 0.15) is 16.8 Å². The van der Waals surface area contributed by atoms with E-state index >= 15 is 0 Å². The Morgan fingerprint density at radius 3 is 2.70 bits per heavy atom. The van der Waals surface area contributed by atoms with Gasteiger partial charge in [0.25, 0.3) is 11.8 Å². The van der Waals surface area contributed by atoms with Gasteiger partial charge in [0.1, 0.15) is 0 Å². The van der Waals surface area contributed by atoms with Gasteiger partial charge in [-0.2, -0.15) is 11.3 Å². The van der Waals surface area contributed by atoms with Gasteiger partial charge in [-0.15, -0.1) is 6.58 Å². The van der Waals surface area contributed by atoms with Gasteiger partial charge >= 0.3 is 12.0 Å². The summed E-state index contributed by atoms with van der Waals surface area (Å²) in [6, 6.07) is 0.967. The van der Waals surface area contributed by atoms with Gasteiger partial charge in [0.15, 0.2) is 6.61 Å². The lowest BCUT2D eigenvalue weighted by Gasteiger charge is -2.07. The fourth-order valence-corrected chi connectivity index (χ4v) is 2.00. The number of carbonyl (C=O) groups excluding carboxylic acids is 4. The van der Waals surface area contributed by atoms with Crippen molar-refractivity contribution in [3.63, 3.8) is 0 Å². The Morgan fingerprint density at radius 1 is 1.26 bits per heavy atom. The number of urea groups is 1. The van der Waals surface area contributed by atoms with E-state index in [1.54, 1.807) is 16.8 Å². The second-order valence-electron chi connectivity index (χ2n) is 4.23. The Hall–Kier alpha value is -2.68. The van der Waals surface area contributed by atoms with Crippen LogP contribution in [0.2, 0.25) is 0 Å². The molecule has 124 valence electrons. The van der Waals surface area contributed by atoms with Crippen LogP contribution in [0.4, 0.5) is 4.79 Å². The van der Waals surface area contributed by atoms with Crippen molar-refractivity contribution in [1.82, 2.24) is 16.0 Å². The zero-order valence-electron chi connectivity index (χ0n) is 12.3. The number of ether oxygens (including phenoxy) is 1. The van der Waals surface area contributed by atoms with Crippen LogP contribution in [0.3, 0.4) is 0 Å². The van der Waals surface area contributed by atoms with Crippen molar-refractivity contribution in [2.75, 3.05) is 19.7 Å². The summed E-state index contributed by atoms with van der Waals surface area (Å²) >= 11 is 1.39. The lowest BCUT2D eigenvalue weighted by Crippen LogP contribution is -2.41. The van der Waals surface area contributed by atoms with E-state index in [0.29, 0.717) is 5.56 Å². The van der Waals surface area contributed by atoms with Gasteiger partial charge in [-0.3, -0.25) is 19.7 Å². The van der Waals surface area contributed by atoms with Crippen LogP contribution < -0.4 is 16.0 Å². The molecule has 1 heterocycles. The van der Waals surface area contributed by atoms with Crippen LogP contribution in [0, 0.1) is 0 Å². The normalized spacial score (nSPS) is 9.57. The van der Waals surface area contributed by atoms with Crippen molar-refractivity contribution in [2.24, 2.45) is 0 Å². The molecule has 0 unspecified atom stereocenters. The second-order valence-corrected chi connectivity index (χ2v) is 5.01. The molecule has 1 aromatic heterocycles. The summed E-state index contributed by atoms with van der Waals surface area (Å²) in [5.41, 5.74) is 0.522. The van der Waals surface area contributed by atoms with E-state index in [0.717, 1.165) is 0 Å². The maximum absolute atomic E-state index is 11.6. The standard InChI is InChI=1S/C14H17N3O5S/c1-2-5-16-14(21)17-11(18)8-22-12(19)3-6-15-13(20)10-4-7-23-9-10/h2,4,7,9H,1,3,5-6,8H2,(H,15,20)(H2,16,17,18,21). The molecule has 0 aliphatic heterocycles. The Bertz CT molecular complexity index is 571. The van der Waals surface area contributed by atoms with Gasteiger partial charge in [-0.05, 0) is 11.4 Å². The summed E-state index contributed by atoms with van der Waals surface area (Å²) in [6.45, 7) is 3.13. The molecule has 0 saturated carbocycles. The van der Waals surface area contributed by atoms with Gasteiger partial charge in [-0.1, -0.05) is 6.08 Å². The lowest BCUT2D eigenvalue weighted by molar-refractivity contribution is -0.148. The van der Waals surface area contributed by atoms with Crippen LogP contribution in [0.15, 0.2) is 29.5 Å². The molecule has 0 aliphatic carbocycles. The Labute approximate surface area is 136 Å². The molecule has 0 saturated heterocycles. The molecule has 3 N–H and O–H groups in total. The van der Waals surface area contributed by atoms with Gasteiger partial charge < -0.3 is 15.4 Å². The quantitative estimate of drug-likeness (QED) is 0.469. The van der Waals surface area contributed by atoms with Crippen LogP contribution in [-0.2, 0) is 14.3 Å². The van der Waals surface area contributed by atoms with Gasteiger partial charge in [0.05, 0.1) is 6.42 Å². The number of nitrogens with one attached hydrogen (secondary N) is 3. The zero-order chi connectivity index (χ0) is 17.1. The maximum Gasteiger partial charge on any atom is 0.321 e. The first-order chi connectivity index (χ1) is 11.0. The number of carbonyl (C=O) groups is 4. The Morgan fingerprint density at radius 2 is 2.04 bits per heavy atom. The molecule has 0 aromatic carbocycles. The fourth-order valence-electron chi connectivity index (χ4n) is 1.36. The summed E-state index contributed by atoms with van der Waals surface area (Å²) in [4.78, 5) is 45.5. The van der Waals surface area contributed by atoms with Crippen molar-refractivity contribution in [3.05, 3.63) is 35.0 Å². The lowest BCUT2D eigenvalue weighted by atomic mass is 10.3. The van der Waals surface area contributed by atoms with Crippen molar-refractivity contribution >= 4 is 35.2 Å². The third kappa shape index (κ3) is 7.77. The predicted octanol–water partition coefficient (Wildman–Crippen LogP) is 0.423. The SMILES string of the molecule is C=CCNC(=O)NC(=O)COC(=O)CCNC(=O)c1ccsc1. The molecule has 1 aromatic rings. The van der Waals surface area contributed by atoms with Crippen LogP contribution in [0.5, 0.6) is 0 Å². The topological polar surface area (TPSA) is 114 Å². The predicted molar refractivity (Wildman–Crippen MR) is 84.0 cm³/mol. The summed E-state index contributed by atoms with van der Waals surface area (Å²) < 4.78 is 4.68. The third-order valence-electron chi connectivity index (χ3n) is 2.42. The van der Waals surface area contributed by atoms with Crippen LogP contribution in [0.25, 0.3) is 0 Å². The number of hydrogen-bond acceptors (Lipinski definition) is 6. The van der Waals surface area contributed by atoms with E-state index in [-0.39, 0.29) is 25.4 Å². The van der Waals surface area contributed by atoms with Crippen molar-refractivity contribution in [2.45, 2.75) is 6.42 Å². The van der Waals surface area contributed by atoms with E-state index in [4.69, 9.17) is 0 Å². The molecular weight excluding hydrogens is 322 g/mol. The van der Waals surface area contributed by atoms with E-state index in [1.165, 1.54) is 17.4 Å². The highest BCUT2D eigenvalue weighted by Crippen LogP contribution is 2.05. The molecule has 0 radical (unpaired) electrons. The first-order valence-electron chi connectivity index (χ1n) is 6.67. The number of esters is 1. The number of amides is 4. The average Bonchev–Trinajstić information content (AvgIpc) is 3.05. The summed E-state index contributed by atoms with van der Waals surface area (Å²) in [7, 11) is 0. The highest BCUT2D eigenvalue weighted by molar-refractivity contribution is 7.08. The molecule has 23 heavy (non-hydrogen) atoms. The van der Waals surface area contributed by atoms with Crippen LogP contribution >= 0.6 is 11.3 Å². The molecule has 0 fully saturated rings. The molecule has 0 aliphatic rings. The fraction of sp³-hybridized carbons (Fsp3) is 0.286. The zero-order valence-corrected chi connectivity index (χ0v) is 13.1. The summed E-state index contributed by atoms with van der Waals surface area (Å²) in [5.74, 6) is -1.69. The van der Waals surface area contributed by atoms with Gasteiger partial charge in [-0.25, -0.2) is 4.79 Å². The van der Waals surface area contributed by atoms with E-state index in [9.17, 15) is 19.2 Å². The van der Waals surface area contributed by atoms with Gasteiger partial charge in [0, 0.05) is 24.0 Å². The minimum Gasteiger partial charge on any atom is -0.456 e. The summed E-state index contributed by atoms with van der Waals surface area (Å²) in [6.07, 6.45) is 1.38. The van der Waals surface area contributed by atoms with E-state index in [1.807, 2.05) is 5.32 Å². The number of thiophene rings is 1. The molecule has 8 nitrogen and oxygen atoms in total. The van der Waals surface area contributed by atoms with Gasteiger partial charge in [0.2, 0.25) is 0 Å². The Kier molecular flexibility index (Phi) is 8.08. The monoisotopic (exact) mass is 339 g/mol. The molecule has 0 spiro atoms. The molecule has 1 rings (SSSR count). The van der Waals surface area contributed by atoms with Crippen molar-refractivity contribution in [3.8, 4) is 0 Å². The minimum atomic E-state index is -0.748. The largest absolute Gasteiger partial charge is 0.456 e. The molecule has 0 atom stereocenters. The number of imide groups is 1. The molecular formula is C14H17N3O5S. The number of hydrogen-bond donors (Lipinski definition) is 3. The molecule has 0 bridgehead atoms. The first-order valence-corrected chi connectivity index (χ1v) is 7.61. The maximum atomic E-state index is 11.6. The number of rotatable bonds is 8. The molecule has 9 heteroatoms. The molecule has 4 amide bonds. The van der Waals surface area contributed by atoms with Crippen molar-refractivity contribution in [1.29, 1.82) is 0 Å². The highest BCUT2D eigenvalue weighted by atomic mass is 32.1. The first kappa shape index (κ1) is 18.4. The average molecular weight is 339 g/mol. The summed E-state index contributed by atoms with van der Waals surface area (Å²) in [5, 5.41) is 10.3. The van der Waals surface area contributed by atoms with Crippen LogP contribution in [-0.4, -0.2) is 43.5 Å². The van der Waals surface area contributed by atoms with Crippen molar-refractivity contribution < 1.29 is 23.9 Å². The second kappa shape index (κ2) is 10.1. The van der Waals surface area contributed by atoms with E-state index in [2.05, 4.69) is 21.9 Å². The smallest absolute Gasteiger partial charge is 0.321 e. The minimum absolute atomic E-state index is 0.0776. The highest BCUT2D eigenvalue weighted by Gasteiger charge is 2.11.